The van der Waals surface area contributed by atoms with E-state index in [0.717, 1.165) is 57.0 Å². The van der Waals surface area contributed by atoms with Gasteiger partial charge in [-0.25, -0.2) is 4.39 Å². The molecule has 0 atom stereocenters. The number of guanidine groups is 1. The lowest BCUT2D eigenvalue weighted by Crippen LogP contribution is -2.49. The van der Waals surface area contributed by atoms with E-state index in [4.69, 9.17) is 4.74 Å². The molecule has 26 heavy (non-hydrogen) atoms. The lowest BCUT2D eigenvalue weighted by Gasteiger charge is -2.36. The number of ether oxygens (including phenoxy) is 1. The molecule has 2 aliphatic rings. The normalized spacial score (nSPS) is 20.8. The maximum absolute atomic E-state index is 14.1. The van der Waals surface area contributed by atoms with Crippen molar-refractivity contribution in [3.05, 3.63) is 35.6 Å². The number of nitrogens with one attached hydrogen (secondary N) is 2. The monoisotopic (exact) mass is 493 g/mol. The van der Waals surface area contributed by atoms with Crippen molar-refractivity contribution in [1.82, 2.24) is 10.6 Å². The van der Waals surface area contributed by atoms with Crippen LogP contribution in [0.3, 0.4) is 0 Å². The Hall–Kier alpha value is -0.540. The summed E-state index contributed by atoms with van der Waals surface area (Å²) in [6.45, 7) is 3.22. The summed E-state index contributed by atoms with van der Waals surface area (Å²) in [6.07, 6.45) is 6.31. The summed E-state index contributed by atoms with van der Waals surface area (Å²) in [6, 6.07) is 7.12. The van der Waals surface area contributed by atoms with Crippen molar-refractivity contribution in [2.75, 3.05) is 39.6 Å². The van der Waals surface area contributed by atoms with Gasteiger partial charge in [-0.05, 0) is 43.6 Å². The van der Waals surface area contributed by atoms with Gasteiger partial charge in [0.2, 0.25) is 0 Å². The van der Waals surface area contributed by atoms with Crippen LogP contribution in [0.25, 0.3) is 0 Å². The van der Waals surface area contributed by atoms with Gasteiger partial charge in [-0.2, -0.15) is 11.8 Å². The first-order chi connectivity index (χ1) is 12.1. The minimum atomic E-state index is -0.103. The lowest BCUT2D eigenvalue weighted by atomic mass is 9.95. The van der Waals surface area contributed by atoms with E-state index in [-0.39, 0.29) is 40.0 Å². The van der Waals surface area contributed by atoms with Crippen LogP contribution in [0.2, 0.25) is 0 Å². The quantitative estimate of drug-likeness (QED) is 0.362. The van der Waals surface area contributed by atoms with Gasteiger partial charge in [0.05, 0.1) is 0 Å². The molecule has 1 heterocycles. The molecule has 2 N–H and O–H groups in total. The number of hydrogen-bond donors (Lipinski definition) is 2. The van der Waals surface area contributed by atoms with E-state index < -0.39 is 0 Å². The fraction of sp³-hybridized carbons (Fsp3) is 0.632. The third-order valence-corrected chi connectivity index (χ3v) is 6.95. The number of thioether (sulfide) groups is 1. The van der Waals surface area contributed by atoms with Gasteiger partial charge in [-0.1, -0.05) is 18.2 Å². The molecule has 3 rings (SSSR count). The summed E-state index contributed by atoms with van der Waals surface area (Å²) in [5, 5.41) is 6.88. The van der Waals surface area contributed by atoms with Crippen molar-refractivity contribution in [3.63, 3.8) is 0 Å². The Kier molecular flexibility index (Phi) is 8.03. The molecule has 1 aromatic carbocycles. The second-order valence-corrected chi connectivity index (χ2v) is 8.31. The van der Waals surface area contributed by atoms with Gasteiger partial charge in [0, 0.05) is 43.5 Å². The summed E-state index contributed by atoms with van der Waals surface area (Å²) >= 11 is 1.91. The maximum Gasteiger partial charge on any atom is 0.191 e. The molecular formula is C19H29FIN3OS. The Morgan fingerprint density at radius 1 is 1.15 bits per heavy atom. The third kappa shape index (κ3) is 5.04. The van der Waals surface area contributed by atoms with E-state index in [9.17, 15) is 4.39 Å². The smallest absolute Gasteiger partial charge is 0.191 e. The van der Waals surface area contributed by atoms with Gasteiger partial charge in [0.25, 0.3) is 0 Å². The van der Waals surface area contributed by atoms with Gasteiger partial charge >= 0.3 is 0 Å². The van der Waals surface area contributed by atoms with Crippen LogP contribution in [0.5, 0.6) is 0 Å². The van der Waals surface area contributed by atoms with Gasteiger partial charge in [0.1, 0.15) is 5.82 Å². The van der Waals surface area contributed by atoms with Gasteiger partial charge in [-0.15, -0.1) is 24.0 Å². The molecule has 1 saturated carbocycles. The number of halogens is 2. The average molecular weight is 493 g/mol. The fourth-order valence-electron chi connectivity index (χ4n) is 3.50. The predicted octanol–water partition coefficient (Wildman–Crippen LogP) is 3.55. The van der Waals surface area contributed by atoms with Gasteiger partial charge in [0.15, 0.2) is 5.96 Å². The van der Waals surface area contributed by atoms with Crippen LogP contribution in [0.1, 0.15) is 31.2 Å². The average Bonchev–Trinajstić information content (AvgIpc) is 3.44. The number of benzene rings is 1. The van der Waals surface area contributed by atoms with Crippen LogP contribution in [0, 0.1) is 5.82 Å². The Morgan fingerprint density at radius 2 is 1.81 bits per heavy atom. The fourth-order valence-corrected chi connectivity index (χ4v) is 4.29. The molecule has 0 spiro atoms. The SMILES string of the molecule is CN=C(NCC1(SC)CCOCC1)NCC1(c2ccccc2F)CC1.I. The highest BCUT2D eigenvalue weighted by Gasteiger charge is 2.45. The largest absolute Gasteiger partial charge is 0.381 e. The maximum atomic E-state index is 14.1. The molecule has 1 aromatic rings. The Balaban J connectivity index is 0.00000243. The van der Waals surface area contributed by atoms with E-state index in [0.29, 0.717) is 6.54 Å². The zero-order chi connectivity index (χ0) is 17.8. The first-order valence-electron chi connectivity index (χ1n) is 8.96. The van der Waals surface area contributed by atoms with Crippen LogP contribution >= 0.6 is 35.7 Å². The minimum Gasteiger partial charge on any atom is -0.381 e. The molecule has 1 aliphatic carbocycles. The van der Waals surface area contributed by atoms with Gasteiger partial charge < -0.3 is 15.4 Å². The topological polar surface area (TPSA) is 45.7 Å². The molecule has 0 unspecified atom stereocenters. The molecule has 146 valence electrons. The lowest BCUT2D eigenvalue weighted by molar-refractivity contribution is 0.0783. The summed E-state index contributed by atoms with van der Waals surface area (Å²) in [4.78, 5) is 4.34. The highest BCUT2D eigenvalue weighted by Crippen LogP contribution is 2.48. The Morgan fingerprint density at radius 3 is 2.38 bits per heavy atom. The van der Waals surface area contributed by atoms with Crippen LogP contribution in [-0.4, -0.2) is 50.3 Å². The van der Waals surface area contributed by atoms with Crippen molar-refractivity contribution >= 4 is 41.7 Å². The van der Waals surface area contributed by atoms with Crippen molar-refractivity contribution < 1.29 is 9.13 Å². The van der Waals surface area contributed by atoms with Crippen molar-refractivity contribution in [1.29, 1.82) is 0 Å². The van der Waals surface area contributed by atoms with Crippen LogP contribution in [0.4, 0.5) is 4.39 Å². The number of rotatable bonds is 6. The second kappa shape index (κ2) is 9.59. The zero-order valence-corrected chi connectivity index (χ0v) is 18.7. The summed E-state index contributed by atoms with van der Waals surface area (Å²) in [5.74, 6) is 0.691. The van der Waals surface area contributed by atoms with E-state index in [1.165, 1.54) is 0 Å². The molecule has 4 nitrogen and oxygen atoms in total. The van der Waals surface area contributed by atoms with E-state index in [1.807, 2.05) is 23.9 Å². The molecule has 7 heteroatoms. The van der Waals surface area contributed by atoms with Crippen molar-refractivity contribution in [3.8, 4) is 0 Å². The molecule has 0 aromatic heterocycles. The number of nitrogens with zero attached hydrogens (tertiary/aromatic N) is 1. The summed E-state index contributed by atoms with van der Waals surface area (Å²) in [5.41, 5.74) is 0.738. The van der Waals surface area contributed by atoms with Crippen molar-refractivity contribution in [2.45, 2.75) is 35.8 Å². The van der Waals surface area contributed by atoms with E-state index in [2.05, 4.69) is 21.9 Å². The number of aliphatic imine (C=N–C) groups is 1. The predicted molar refractivity (Wildman–Crippen MR) is 118 cm³/mol. The van der Waals surface area contributed by atoms with Gasteiger partial charge in [-0.3, -0.25) is 4.99 Å². The zero-order valence-electron chi connectivity index (χ0n) is 15.5. The molecule has 1 aliphatic heterocycles. The highest BCUT2D eigenvalue weighted by molar-refractivity contribution is 14.0. The number of hydrogen-bond acceptors (Lipinski definition) is 3. The molecule has 0 radical (unpaired) electrons. The first kappa shape index (κ1) is 21.8. The molecular weight excluding hydrogens is 464 g/mol. The highest BCUT2D eigenvalue weighted by atomic mass is 127. The van der Waals surface area contributed by atoms with E-state index >= 15 is 0 Å². The molecule has 0 amide bonds. The molecule has 0 bridgehead atoms. The first-order valence-corrected chi connectivity index (χ1v) is 10.2. The molecule has 1 saturated heterocycles. The Bertz CT molecular complexity index is 619. The summed E-state index contributed by atoms with van der Waals surface area (Å²) in [7, 11) is 1.79. The molecule has 2 fully saturated rings. The van der Waals surface area contributed by atoms with Crippen molar-refractivity contribution in [2.24, 2.45) is 4.99 Å². The summed E-state index contributed by atoms with van der Waals surface area (Å²) < 4.78 is 19.8. The van der Waals surface area contributed by atoms with Crippen LogP contribution in [-0.2, 0) is 10.2 Å². The third-order valence-electron chi connectivity index (χ3n) is 5.53. The Labute approximate surface area is 177 Å². The minimum absolute atomic E-state index is 0. The van der Waals surface area contributed by atoms with E-state index in [1.54, 1.807) is 19.2 Å². The van der Waals surface area contributed by atoms with Crippen LogP contribution in [0.15, 0.2) is 29.3 Å². The standard InChI is InChI=1S/C19H28FN3OS.HI/c1-21-17(23-14-19(25-2)9-11-24-12-10-19)22-13-18(7-8-18)15-5-3-4-6-16(15)20;/h3-6H,7-14H2,1-2H3,(H2,21,22,23);1H. The van der Waals surface area contributed by atoms with Crippen LogP contribution < -0.4 is 10.6 Å². The second-order valence-electron chi connectivity index (χ2n) is 7.04.